The van der Waals surface area contributed by atoms with E-state index >= 15 is 0 Å². The standard InChI is InChI=1S/C29H40F2O7/c1-16(4-7-25(35)38-15-26(36)37-14-18(31)13-30)20-5-6-21-27-22(12-24(34)29(20,21)3)28(2)9-8-19(32)10-17(28)11-23(27)33/h16-18,20-22,27H,4-15H2,1-3H3/t16-,17+,18?,20-,21+,22+,27+,28+,29-/m1/s1. The molecule has 212 valence electrons. The Kier molecular flexibility index (Phi) is 8.43. The molecule has 0 saturated heterocycles. The number of hydrogen-bond acceptors (Lipinski definition) is 7. The summed E-state index contributed by atoms with van der Waals surface area (Å²) in [5.41, 5.74) is -0.786. The molecule has 0 radical (unpaired) electrons. The zero-order valence-corrected chi connectivity index (χ0v) is 22.6. The SMILES string of the molecule is C[C@H](CCC(=O)OCC(=O)OCC(F)CF)[C@H]1CC[C@H]2[C@@H]3C(=O)C[C@@H]4CC(=O)CC[C@]4(C)[C@H]3CC(=O)[C@]12C. The van der Waals surface area contributed by atoms with Crippen LogP contribution in [0.2, 0.25) is 0 Å². The summed E-state index contributed by atoms with van der Waals surface area (Å²) in [7, 11) is 0. The molecule has 4 saturated carbocycles. The molecule has 4 fully saturated rings. The Balaban J connectivity index is 1.36. The average molecular weight is 539 g/mol. The lowest BCUT2D eigenvalue weighted by Crippen LogP contribution is -2.60. The van der Waals surface area contributed by atoms with Crippen molar-refractivity contribution in [2.75, 3.05) is 19.9 Å². The minimum Gasteiger partial charge on any atom is -0.460 e. The second-order valence-electron chi connectivity index (χ2n) is 12.6. The second-order valence-corrected chi connectivity index (χ2v) is 12.6. The van der Waals surface area contributed by atoms with Gasteiger partial charge in [0.2, 0.25) is 0 Å². The van der Waals surface area contributed by atoms with Gasteiger partial charge in [0, 0.05) is 43.4 Å². The third-order valence-electron chi connectivity index (χ3n) is 10.7. The van der Waals surface area contributed by atoms with Crippen molar-refractivity contribution in [2.24, 2.45) is 46.3 Å². The van der Waals surface area contributed by atoms with Gasteiger partial charge < -0.3 is 9.47 Å². The Hall–Kier alpha value is -2.19. The molecule has 4 aliphatic carbocycles. The van der Waals surface area contributed by atoms with E-state index in [0.717, 1.165) is 19.3 Å². The first-order chi connectivity index (χ1) is 17.9. The van der Waals surface area contributed by atoms with E-state index < -0.39 is 43.4 Å². The number of hydrogen-bond donors (Lipinski definition) is 0. The molecule has 1 unspecified atom stereocenters. The van der Waals surface area contributed by atoms with Gasteiger partial charge in [0.05, 0.1) is 0 Å². The molecular formula is C29H40F2O7. The fourth-order valence-corrected chi connectivity index (χ4v) is 8.42. The summed E-state index contributed by atoms with van der Waals surface area (Å²) < 4.78 is 34.4. The summed E-state index contributed by atoms with van der Waals surface area (Å²) in [5, 5.41) is 0. The molecular weight excluding hydrogens is 498 g/mol. The zero-order valence-electron chi connectivity index (χ0n) is 22.6. The molecule has 9 heteroatoms. The molecule has 0 aliphatic heterocycles. The van der Waals surface area contributed by atoms with Gasteiger partial charge in [-0.15, -0.1) is 0 Å². The van der Waals surface area contributed by atoms with E-state index in [9.17, 15) is 32.8 Å². The van der Waals surface area contributed by atoms with Crippen LogP contribution in [-0.2, 0) is 33.4 Å². The van der Waals surface area contributed by atoms with Crippen molar-refractivity contribution in [3.8, 4) is 0 Å². The summed E-state index contributed by atoms with van der Waals surface area (Å²) in [5.74, 6) is -0.976. The topological polar surface area (TPSA) is 104 Å². The number of halogens is 2. The second kappa shape index (κ2) is 11.1. The van der Waals surface area contributed by atoms with Crippen molar-refractivity contribution < 1.29 is 42.2 Å². The number of carbonyl (C=O) groups is 5. The largest absolute Gasteiger partial charge is 0.460 e. The number of fused-ring (bicyclic) bond motifs is 5. The summed E-state index contributed by atoms with van der Waals surface area (Å²) in [6.45, 7) is 3.58. The van der Waals surface area contributed by atoms with Crippen molar-refractivity contribution in [3.63, 3.8) is 0 Å². The normalized spacial score (nSPS) is 38.0. The fourth-order valence-electron chi connectivity index (χ4n) is 8.42. The monoisotopic (exact) mass is 538 g/mol. The number of ketones is 3. The van der Waals surface area contributed by atoms with Crippen LogP contribution in [0.25, 0.3) is 0 Å². The van der Waals surface area contributed by atoms with Crippen molar-refractivity contribution in [1.82, 2.24) is 0 Å². The first kappa shape index (κ1) is 28.8. The van der Waals surface area contributed by atoms with Gasteiger partial charge in [-0.2, -0.15) is 0 Å². The van der Waals surface area contributed by atoms with Gasteiger partial charge in [-0.3, -0.25) is 19.2 Å². The summed E-state index contributed by atoms with van der Waals surface area (Å²) in [6.07, 6.45) is 2.76. The first-order valence-corrected chi connectivity index (χ1v) is 14.0. The fraction of sp³-hybridized carbons (Fsp3) is 0.828. The number of alkyl halides is 2. The van der Waals surface area contributed by atoms with E-state index in [4.69, 9.17) is 4.74 Å². The third-order valence-corrected chi connectivity index (χ3v) is 10.7. The van der Waals surface area contributed by atoms with Crippen molar-refractivity contribution in [2.45, 2.75) is 84.7 Å². The van der Waals surface area contributed by atoms with Gasteiger partial charge in [0.15, 0.2) is 12.8 Å². The Bertz CT molecular complexity index is 982. The maximum absolute atomic E-state index is 13.8. The van der Waals surface area contributed by atoms with Crippen LogP contribution in [0, 0.1) is 46.3 Å². The molecule has 0 aromatic rings. The van der Waals surface area contributed by atoms with E-state index in [0.29, 0.717) is 32.1 Å². The predicted molar refractivity (Wildman–Crippen MR) is 132 cm³/mol. The predicted octanol–water partition coefficient (Wildman–Crippen LogP) is 4.38. The van der Waals surface area contributed by atoms with Gasteiger partial charge in [-0.05, 0) is 60.7 Å². The highest BCUT2D eigenvalue weighted by Gasteiger charge is 2.66. The van der Waals surface area contributed by atoms with Crippen LogP contribution in [0.3, 0.4) is 0 Å². The Morgan fingerprint density at radius 3 is 2.47 bits per heavy atom. The van der Waals surface area contributed by atoms with Gasteiger partial charge in [-0.1, -0.05) is 20.8 Å². The third kappa shape index (κ3) is 5.18. The molecule has 0 spiro atoms. The minimum atomic E-state index is -1.90. The molecule has 0 amide bonds. The molecule has 38 heavy (non-hydrogen) atoms. The number of esters is 2. The molecule has 0 aromatic carbocycles. The van der Waals surface area contributed by atoms with E-state index in [1.54, 1.807) is 0 Å². The lowest BCUT2D eigenvalue weighted by molar-refractivity contribution is -0.166. The van der Waals surface area contributed by atoms with E-state index in [1.807, 2.05) is 13.8 Å². The van der Waals surface area contributed by atoms with Gasteiger partial charge >= 0.3 is 11.9 Å². The highest BCUT2D eigenvalue weighted by molar-refractivity contribution is 5.93. The van der Waals surface area contributed by atoms with Crippen LogP contribution < -0.4 is 0 Å². The van der Waals surface area contributed by atoms with Crippen LogP contribution in [0.1, 0.15) is 78.6 Å². The van der Waals surface area contributed by atoms with Gasteiger partial charge in [-0.25, -0.2) is 13.6 Å². The van der Waals surface area contributed by atoms with Gasteiger partial charge in [0.25, 0.3) is 0 Å². The molecule has 0 bridgehead atoms. The highest BCUT2D eigenvalue weighted by Crippen LogP contribution is 2.66. The van der Waals surface area contributed by atoms with Crippen LogP contribution >= 0.6 is 0 Å². The number of ether oxygens (including phenoxy) is 2. The smallest absolute Gasteiger partial charge is 0.344 e. The minimum absolute atomic E-state index is 0.00575. The number of carbonyl (C=O) groups excluding carboxylic acids is 5. The van der Waals surface area contributed by atoms with Crippen LogP contribution in [0.5, 0.6) is 0 Å². The first-order valence-electron chi connectivity index (χ1n) is 14.0. The molecule has 4 aliphatic rings. The molecule has 9 atom stereocenters. The lowest BCUT2D eigenvalue weighted by Gasteiger charge is -2.58. The van der Waals surface area contributed by atoms with Crippen LogP contribution in [0.4, 0.5) is 8.78 Å². The zero-order chi connectivity index (χ0) is 27.8. The highest BCUT2D eigenvalue weighted by atomic mass is 19.2. The van der Waals surface area contributed by atoms with Crippen molar-refractivity contribution >= 4 is 29.3 Å². The van der Waals surface area contributed by atoms with E-state index in [-0.39, 0.29) is 64.7 Å². The Labute approximate surface area is 222 Å². The number of Topliss-reactive ketones (excluding diaryl/α,β-unsaturated/α-hetero) is 3. The number of rotatable bonds is 9. The van der Waals surface area contributed by atoms with Crippen molar-refractivity contribution in [3.05, 3.63) is 0 Å². The van der Waals surface area contributed by atoms with E-state index in [1.165, 1.54) is 0 Å². The lowest BCUT2D eigenvalue weighted by atomic mass is 9.44. The maximum atomic E-state index is 13.8. The van der Waals surface area contributed by atoms with Crippen molar-refractivity contribution in [1.29, 1.82) is 0 Å². The van der Waals surface area contributed by atoms with Gasteiger partial charge in [0.1, 0.15) is 30.6 Å². The summed E-state index contributed by atoms with van der Waals surface area (Å²) in [6, 6.07) is 0. The Morgan fingerprint density at radius 1 is 1.03 bits per heavy atom. The van der Waals surface area contributed by atoms with E-state index in [2.05, 4.69) is 11.7 Å². The van der Waals surface area contributed by atoms with Crippen LogP contribution in [0.15, 0.2) is 0 Å². The average Bonchev–Trinajstić information content (AvgIpc) is 3.24. The Morgan fingerprint density at radius 2 is 1.76 bits per heavy atom. The molecule has 7 nitrogen and oxygen atoms in total. The molecule has 0 aromatic heterocycles. The van der Waals surface area contributed by atoms with Crippen LogP contribution in [-0.4, -0.2) is 55.3 Å². The molecule has 0 N–H and O–H groups in total. The molecule has 4 rings (SSSR count). The summed E-state index contributed by atoms with van der Waals surface area (Å²) >= 11 is 0. The maximum Gasteiger partial charge on any atom is 0.344 e. The molecule has 0 heterocycles. The summed E-state index contributed by atoms with van der Waals surface area (Å²) in [4.78, 5) is 63.2. The quantitative estimate of drug-likeness (QED) is 0.401.